The van der Waals surface area contributed by atoms with Gasteiger partial charge in [-0.1, -0.05) is 43.7 Å². The summed E-state index contributed by atoms with van der Waals surface area (Å²) in [5.41, 5.74) is 2.61. The highest BCUT2D eigenvalue weighted by Gasteiger charge is 2.47. The molecule has 3 aliphatic rings. The first-order valence-electron chi connectivity index (χ1n) is 13.9. The minimum Gasteiger partial charge on any atom is -0.475 e. The summed E-state index contributed by atoms with van der Waals surface area (Å²) in [6.45, 7) is 3.71. The van der Waals surface area contributed by atoms with E-state index < -0.39 is 12.1 Å². The number of piperidine rings is 1. The van der Waals surface area contributed by atoms with Crippen molar-refractivity contribution < 1.29 is 32.6 Å². The molecule has 0 unspecified atom stereocenters. The van der Waals surface area contributed by atoms with Crippen LogP contribution in [-0.2, 0) is 14.3 Å². The standard InChI is InChI=1S/C27H37N3O2.C2HF3O2/c1-2-19-17-24(19)27(31)30-16-6-9-23(25-14-15-28-29-25)26(30)18-32-22-12-10-21(11-13-22)20-7-4-3-5-8-20;3-2(4,5)1(6)7/h3-5,7-8,14-15,19,21-24,26H,2,6,9-13,16-18H2,1H3,(H,28,29);(H,6,7)/t19-,21?,22?,23-,24-,26+;/m1./s1. The monoisotopic (exact) mass is 549 g/mol. The number of hydrogen-bond donors (Lipinski definition) is 2. The van der Waals surface area contributed by atoms with Crippen LogP contribution >= 0.6 is 0 Å². The zero-order valence-electron chi connectivity index (χ0n) is 22.3. The Labute approximate surface area is 227 Å². The van der Waals surface area contributed by atoms with Crippen molar-refractivity contribution in [3.05, 3.63) is 53.9 Å². The molecule has 0 radical (unpaired) electrons. The number of hydrogen-bond acceptors (Lipinski definition) is 4. The van der Waals surface area contributed by atoms with E-state index in [1.807, 2.05) is 6.20 Å². The number of halogens is 3. The number of carbonyl (C=O) groups excluding carboxylic acids is 1. The minimum atomic E-state index is -5.08. The Balaban J connectivity index is 0.000000448. The third-order valence-corrected chi connectivity index (χ3v) is 8.44. The molecule has 2 aliphatic carbocycles. The van der Waals surface area contributed by atoms with Crippen LogP contribution in [0.1, 0.15) is 81.4 Å². The van der Waals surface area contributed by atoms with E-state index in [4.69, 9.17) is 14.6 Å². The Morgan fingerprint density at radius 3 is 2.36 bits per heavy atom. The highest BCUT2D eigenvalue weighted by molar-refractivity contribution is 5.82. The second-order valence-electron chi connectivity index (χ2n) is 10.9. The molecule has 1 aromatic carbocycles. The average molecular weight is 550 g/mol. The van der Waals surface area contributed by atoms with Crippen LogP contribution in [0.3, 0.4) is 0 Å². The maximum absolute atomic E-state index is 13.4. The summed E-state index contributed by atoms with van der Waals surface area (Å²) in [4.78, 5) is 24.4. The van der Waals surface area contributed by atoms with Crippen LogP contribution in [-0.4, -0.2) is 63.6 Å². The van der Waals surface area contributed by atoms with E-state index in [2.05, 4.69) is 58.4 Å². The third kappa shape index (κ3) is 7.62. The van der Waals surface area contributed by atoms with Gasteiger partial charge in [0.15, 0.2) is 0 Å². The lowest BCUT2D eigenvalue weighted by Crippen LogP contribution is -2.51. The number of carbonyl (C=O) groups is 2. The van der Waals surface area contributed by atoms with Gasteiger partial charge >= 0.3 is 12.1 Å². The van der Waals surface area contributed by atoms with Gasteiger partial charge in [-0.3, -0.25) is 9.89 Å². The smallest absolute Gasteiger partial charge is 0.475 e. The Morgan fingerprint density at radius 2 is 1.79 bits per heavy atom. The molecule has 1 saturated heterocycles. The number of H-pyrrole nitrogens is 1. The molecule has 7 nitrogen and oxygen atoms in total. The Bertz CT molecular complexity index is 1060. The van der Waals surface area contributed by atoms with Crippen molar-refractivity contribution in [3.63, 3.8) is 0 Å². The Hall–Kier alpha value is -2.88. The highest BCUT2D eigenvalue weighted by atomic mass is 19.4. The lowest BCUT2D eigenvalue weighted by molar-refractivity contribution is -0.192. The van der Waals surface area contributed by atoms with Gasteiger partial charge in [0.05, 0.1) is 18.8 Å². The number of nitrogens with one attached hydrogen (secondary N) is 1. The zero-order chi connectivity index (χ0) is 28.0. The van der Waals surface area contributed by atoms with E-state index in [0.717, 1.165) is 50.8 Å². The number of ether oxygens (including phenoxy) is 1. The summed E-state index contributed by atoms with van der Waals surface area (Å²) < 4.78 is 38.3. The van der Waals surface area contributed by atoms with E-state index in [0.29, 0.717) is 30.5 Å². The maximum Gasteiger partial charge on any atom is 0.490 e. The molecule has 39 heavy (non-hydrogen) atoms. The van der Waals surface area contributed by atoms with Gasteiger partial charge < -0.3 is 14.7 Å². The first kappa shape index (κ1) is 29.1. The molecule has 1 aromatic heterocycles. The lowest BCUT2D eigenvalue weighted by atomic mass is 9.82. The normalized spacial score (nSPS) is 28.8. The van der Waals surface area contributed by atoms with Crippen LogP contribution in [0.25, 0.3) is 0 Å². The van der Waals surface area contributed by atoms with Gasteiger partial charge in [0, 0.05) is 30.3 Å². The fourth-order valence-electron chi connectivity index (χ4n) is 6.11. The molecule has 1 aliphatic heterocycles. The van der Waals surface area contributed by atoms with Crippen molar-refractivity contribution in [3.8, 4) is 0 Å². The first-order valence-corrected chi connectivity index (χ1v) is 13.9. The quantitative estimate of drug-likeness (QED) is 0.448. The minimum absolute atomic E-state index is 0.113. The van der Waals surface area contributed by atoms with E-state index in [1.54, 1.807) is 0 Å². The number of carboxylic acids is 1. The second kappa shape index (κ2) is 13.0. The largest absolute Gasteiger partial charge is 0.490 e. The van der Waals surface area contributed by atoms with Crippen LogP contribution in [0.2, 0.25) is 0 Å². The molecule has 10 heteroatoms. The van der Waals surface area contributed by atoms with Crippen molar-refractivity contribution in [2.45, 2.75) is 88.4 Å². The van der Waals surface area contributed by atoms with Crippen LogP contribution in [0.4, 0.5) is 13.2 Å². The maximum atomic E-state index is 13.4. The summed E-state index contributed by atoms with van der Waals surface area (Å²) in [7, 11) is 0. The molecule has 2 heterocycles. The number of rotatable bonds is 7. The Morgan fingerprint density at radius 1 is 1.10 bits per heavy atom. The zero-order valence-corrected chi connectivity index (χ0v) is 22.3. The van der Waals surface area contributed by atoms with Crippen molar-refractivity contribution >= 4 is 11.9 Å². The summed E-state index contributed by atoms with van der Waals surface area (Å²) in [6.07, 6.45) is 5.95. The number of carboxylic acid groups (broad SMARTS) is 1. The van der Waals surface area contributed by atoms with Gasteiger partial charge in [-0.2, -0.15) is 18.3 Å². The van der Waals surface area contributed by atoms with Crippen molar-refractivity contribution in [1.82, 2.24) is 15.1 Å². The number of amides is 1. The molecule has 0 spiro atoms. The molecule has 2 saturated carbocycles. The number of aliphatic carboxylic acids is 1. The molecule has 5 rings (SSSR count). The average Bonchev–Trinajstić information content (AvgIpc) is 3.54. The first-order chi connectivity index (χ1) is 18.7. The summed E-state index contributed by atoms with van der Waals surface area (Å²) in [5, 5.41) is 14.5. The molecule has 4 atom stereocenters. The SMILES string of the molecule is CC[C@@H]1C[C@H]1C(=O)N1CCC[C@H](c2ccn[nH]2)[C@@H]1COC1CCC(c2ccccc2)CC1.O=C(O)C(F)(F)F. The number of benzene rings is 1. The van der Waals surface area contributed by atoms with Gasteiger partial charge in [0.2, 0.25) is 5.91 Å². The van der Waals surface area contributed by atoms with Crippen molar-refractivity contribution in [2.24, 2.45) is 11.8 Å². The number of alkyl halides is 3. The topological polar surface area (TPSA) is 95.5 Å². The van der Waals surface area contributed by atoms with Crippen LogP contribution in [0.15, 0.2) is 42.6 Å². The fourth-order valence-corrected chi connectivity index (χ4v) is 6.11. The number of aromatic nitrogens is 2. The van der Waals surface area contributed by atoms with Crippen LogP contribution in [0.5, 0.6) is 0 Å². The molecule has 0 bridgehead atoms. The summed E-state index contributed by atoms with van der Waals surface area (Å²) in [6, 6.07) is 13.1. The van der Waals surface area contributed by atoms with Gasteiger partial charge in [0.25, 0.3) is 0 Å². The van der Waals surface area contributed by atoms with Crippen LogP contribution in [0, 0.1) is 11.8 Å². The Kier molecular flexibility index (Phi) is 9.69. The van der Waals surface area contributed by atoms with Gasteiger partial charge in [-0.05, 0) is 68.4 Å². The molecular weight excluding hydrogens is 511 g/mol. The molecule has 2 aromatic rings. The predicted molar refractivity (Wildman–Crippen MR) is 139 cm³/mol. The van der Waals surface area contributed by atoms with Gasteiger partial charge in [-0.25, -0.2) is 4.79 Å². The number of aromatic amines is 1. The molecule has 2 N–H and O–H groups in total. The molecule has 1 amide bonds. The summed E-state index contributed by atoms with van der Waals surface area (Å²) in [5.74, 6) is -0.624. The van der Waals surface area contributed by atoms with Crippen LogP contribution < -0.4 is 0 Å². The fraction of sp³-hybridized carbons (Fsp3) is 0.621. The molecule has 3 fully saturated rings. The number of nitrogens with zero attached hydrogens (tertiary/aromatic N) is 2. The lowest BCUT2D eigenvalue weighted by Gasteiger charge is -2.42. The molecule has 214 valence electrons. The van der Waals surface area contributed by atoms with E-state index >= 15 is 0 Å². The van der Waals surface area contributed by atoms with E-state index in [-0.39, 0.29) is 17.9 Å². The molecular formula is C29H38F3N3O4. The summed E-state index contributed by atoms with van der Waals surface area (Å²) >= 11 is 0. The van der Waals surface area contributed by atoms with Gasteiger partial charge in [0.1, 0.15) is 0 Å². The third-order valence-electron chi connectivity index (χ3n) is 8.44. The second-order valence-corrected chi connectivity index (χ2v) is 10.9. The van der Waals surface area contributed by atoms with Gasteiger partial charge in [-0.15, -0.1) is 0 Å². The number of likely N-dealkylation sites (tertiary alicyclic amines) is 1. The van der Waals surface area contributed by atoms with Crippen molar-refractivity contribution in [2.75, 3.05) is 13.2 Å². The highest BCUT2D eigenvalue weighted by Crippen LogP contribution is 2.44. The van der Waals surface area contributed by atoms with E-state index in [9.17, 15) is 18.0 Å². The van der Waals surface area contributed by atoms with E-state index in [1.165, 1.54) is 18.4 Å². The predicted octanol–water partition coefficient (Wildman–Crippen LogP) is 5.91. The van der Waals surface area contributed by atoms with Crippen molar-refractivity contribution in [1.29, 1.82) is 0 Å².